The molecule has 35 heavy (non-hydrogen) atoms. The molecule has 4 rings (SSSR count). The van der Waals surface area contributed by atoms with Gasteiger partial charge in [0.1, 0.15) is 0 Å². The maximum atomic E-state index is 13.5. The Morgan fingerprint density at radius 2 is 1.69 bits per heavy atom. The lowest BCUT2D eigenvalue weighted by Crippen LogP contribution is -2.48. The van der Waals surface area contributed by atoms with Gasteiger partial charge in [0.15, 0.2) is 5.13 Å². The third kappa shape index (κ3) is 6.19. The number of hydrogen-bond acceptors (Lipinski definition) is 7. The summed E-state index contributed by atoms with van der Waals surface area (Å²) >= 11 is 1.47. The molecule has 1 aromatic heterocycles. The van der Waals surface area contributed by atoms with Crippen molar-refractivity contribution in [3.05, 3.63) is 54.1 Å². The maximum absolute atomic E-state index is 13.5. The fourth-order valence-electron chi connectivity index (χ4n) is 3.96. The predicted octanol–water partition coefficient (Wildman–Crippen LogP) is 3.72. The number of sulfonamides is 1. The molecule has 0 N–H and O–H groups in total. The van der Waals surface area contributed by atoms with Crippen molar-refractivity contribution >= 4 is 55.0 Å². The van der Waals surface area contributed by atoms with Gasteiger partial charge in [-0.2, -0.15) is 4.31 Å². The SMILES string of the molecule is CC1CN(S(=O)(=O)c2ccc(C(=O)N(CCN(C)C)c3nc4ccccc4s3)cc2)CC(C)O1.Cl. The van der Waals surface area contributed by atoms with Crippen molar-refractivity contribution in [2.45, 2.75) is 31.0 Å². The van der Waals surface area contributed by atoms with Gasteiger partial charge < -0.3 is 9.64 Å². The molecule has 11 heteroatoms. The van der Waals surface area contributed by atoms with Crippen LogP contribution in [-0.2, 0) is 14.8 Å². The number of carbonyl (C=O) groups excluding carboxylic acids is 1. The minimum Gasteiger partial charge on any atom is -0.373 e. The second kappa shape index (κ2) is 11.3. The van der Waals surface area contributed by atoms with E-state index in [2.05, 4.69) is 4.98 Å². The van der Waals surface area contributed by atoms with Crippen LogP contribution in [0.4, 0.5) is 5.13 Å². The molecule has 0 bridgehead atoms. The summed E-state index contributed by atoms with van der Waals surface area (Å²) in [5.74, 6) is -0.210. The van der Waals surface area contributed by atoms with Crippen LogP contribution in [0.15, 0.2) is 53.4 Å². The molecule has 0 aliphatic carbocycles. The van der Waals surface area contributed by atoms with E-state index in [4.69, 9.17) is 4.74 Å². The van der Waals surface area contributed by atoms with Crippen LogP contribution in [0.2, 0.25) is 0 Å². The quantitative estimate of drug-likeness (QED) is 0.456. The van der Waals surface area contributed by atoms with Crippen LogP contribution in [0.3, 0.4) is 0 Å². The Kier molecular flexibility index (Phi) is 8.90. The zero-order valence-corrected chi connectivity index (χ0v) is 22.7. The number of likely N-dealkylation sites (N-methyl/N-ethyl adjacent to an activating group) is 1. The van der Waals surface area contributed by atoms with Gasteiger partial charge in [0.2, 0.25) is 10.0 Å². The van der Waals surface area contributed by atoms with E-state index in [1.165, 1.54) is 27.8 Å². The van der Waals surface area contributed by atoms with E-state index in [1.54, 1.807) is 17.0 Å². The first-order chi connectivity index (χ1) is 16.1. The molecule has 0 spiro atoms. The van der Waals surface area contributed by atoms with E-state index in [0.717, 1.165) is 10.2 Å². The van der Waals surface area contributed by atoms with Gasteiger partial charge >= 0.3 is 0 Å². The minimum atomic E-state index is -3.67. The molecule has 1 aliphatic heterocycles. The van der Waals surface area contributed by atoms with Gasteiger partial charge in [-0.1, -0.05) is 23.5 Å². The van der Waals surface area contributed by atoms with E-state index in [0.29, 0.717) is 36.9 Å². The normalized spacial score (nSPS) is 19.0. The van der Waals surface area contributed by atoms with Crippen molar-refractivity contribution in [3.8, 4) is 0 Å². The smallest absolute Gasteiger partial charge is 0.260 e. The van der Waals surface area contributed by atoms with Gasteiger partial charge in [-0.3, -0.25) is 9.69 Å². The number of nitrogens with zero attached hydrogens (tertiary/aromatic N) is 4. The highest BCUT2D eigenvalue weighted by Crippen LogP contribution is 2.30. The van der Waals surface area contributed by atoms with Gasteiger partial charge in [-0.05, 0) is 64.3 Å². The van der Waals surface area contributed by atoms with Gasteiger partial charge in [-0.15, -0.1) is 12.4 Å². The largest absolute Gasteiger partial charge is 0.373 e. The lowest BCUT2D eigenvalue weighted by atomic mass is 10.2. The lowest BCUT2D eigenvalue weighted by Gasteiger charge is -2.34. The molecule has 0 radical (unpaired) electrons. The van der Waals surface area contributed by atoms with Crippen LogP contribution in [0.25, 0.3) is 10.2 Å². The first-order valence-electron chi connectivity index (χ1n) is 11.2. The number of ether oxygens (including phenoxy) is 1. The van der Waals surface area contributed by atoms with Crippen molar-refractivity contribution in [2.24, 2.45) is 0 Å². The monoisotopic (exact) mass is 538 g/mol. The van der Waals surface area contributed by atoms with Crippen molar-refractivity contribution < 1.29 is 17.9 Å². The molecule has 1 aliphatic rings. The molecule has 2 heterocycles. The highest BCUT2D eigenvalue weighted by Gasteiger charge is 2.32. The van der Waals surface area contributed by atoms with Gasteiger partial charge in [-0.25, -0.2) is 13.4 Å². The third-order valence-corrected chi connectivity index (χ3v) is 8.56. The molecule has 190 valence electrons. The second-order valence-corrected chi connectivity index (χ2v) is 11.8. The first kappa shape index (κ1) is 27.5. The summed E-state index contributed by atoms with van der Waals surface area (Å²) in [4.78, 5) is 22.0. The van der Waals surface area contributed by atoms with Crippen LogP contribution < -0.4 is 4.90 Å². The van der Waals surface area contributed by atoms with Crippen molar-refractivity contribution in [1.82, 2.24) is 14.2 Å². The summed E-state index contributed by atoms with van der Waals surface area (Å²) < 4.78 is 34.4. The summed E-state index contributed by atoms with van der Waals surface area (Å²) in [5.41, 5.74) is 1.27. The fourth-order valence-corrected chi connectivity index (χ4v) is 6.54. The Morgan fingerprint density at radius 3 is 2.29 bits per heavy atom. The summed E-state index contributed by atoms with van der Waals surface area (Å²) in [5, 5.41) is 0.626. The summed E-state index contributed by atoms with van der Waals surface area (Å²) in [7, 11) is 0.235. The number of halogens is 1. The average molecular weight is 539 g/mol. The van der Waals surface area contributed by atoms with Crippen molar-refractivity contribution in [2.75, 3.05) is 45.2 Å². The molecule has 2 unspecified atom stereocenters. The Labute approximate surface area is 217 Å². The number of rotatable bonds is 7. The Hall–Kier alpha value is -2.08. The van der Waals surface area contributed by atoms with E-state index in [9.17, 15) is 13.2 Å². The summed E-state index contributed by atoms with van der Waals surface area (Å²) in [6.45, 7) is 5.48. The number of aromatic nitrogens is 1. The van der Waals surface area contributed by atoms with Crippen LogP contribution in [0.5, 0.6) is 0 Å². The van der Waals surface area contributed by atoms with Gasteiger partial charge in [0, 0.05) is 31.7 Å². The summed E-state index contributed by atoms with van der Waals surface area (Å²) in [6.07, 6.45) is -0.336. The van der Waals surface area contributed by atoms with E-state index in [1.807, 2.05) is 57.1 Å². The second-order valence-electron chi connectivity index (χ2n) is 8.83. The zero-order valence-electron chi connectivity index (χ0n) is 20.2. The molecule has 8 nitrogen and oxygen atoms in total. The Bertz CT molecular complexity index is 1220. The van der Waals surface area contributed by atoms with Crippen molar-refractivity contribution in [3.63, 3.8) is 0 Å². The Balaban J connectivity index is 0.00000342. The number of morpholine rings is 1. The topological polar surface area (TPSA) is 83.1 Å². The van der Waals surface area contributed by atoms with Crippen LogP contribution in [0.1, 0.15) is 24.2 Å². The van der Waals surface area contributed by atoms with E-state index in [-0.39, 0.29) is 35.4 Å². The van der Waals surface area contributed by atoms with Crippen LogP contribution in [-0.4, -0.2) is 81.0 Å². The highest BCUT2D eigenvalue weighted by molar-refractivity contribution is 7.89. The molecule has 3 aromatic rings. The van der Waals surface area contributed by atoms with Crippen LogP contribution >= 0.6 is 23.7 Å². The first-order valence-corrected chi connectivity index (χ1v) is 13.5. The maximum Gasteiger partial charge on any atom is 0.260 e. The average Bonchev–Trinajstić information content (AvgIpc) is 3.22. The molecule has 0 saturated carbocycles. The third-order valence-electron chi connectivity index (χ3n) is 5.65. The lowest BCUT2D eigenvalue weighted by molar-refractivity contribution is -0.0440. The number of thiazole rings is 1. The van der Waals surface area contributed by atoms with Gasteiger partial charge in [0.05, 0.1) is 27.3 Å². The molecular weight excluding hydrogens is 508 g/mol. The van der Waals surface area contributed by atoms with E-state index < -0.39 is 10.0 Å². The molecule has 1 saturated heterocycles. The van der Waals surface area contributed by atoms with Crippen LogP contribution in [0, 0.1) is 0 Å². The Morgan fingerprint density at radius 1 is 1.06 bits per heavy atom. The number of amides is 1. The number of hydrogen-bond donors (Lipinski definition) is 0. The molecule has 2 atom stereocenters. The van der Waals surface area contributed by atoms with Gasteiger partial charge in [0.25, 0.3) is 5.91 Å². The number of benzene rings is 2. The zero-order chi connectivity index (χ0) is 24.5. The molecular formula is C24H31ClN4O4S2. The van der Waals surface area contributed by atoms with Crippen molar-refractivity contribution in [1.29, 1.82) is 0 Å². The van der Waals surface area contributed by atoms with E-state index >= 15 is 0 Å². The number of para-hydroxylation sites is 1. The number of fused-ring (bicyclic) bond motifs is 1. The standard InChI is InChI=1S/C24H30N4O4S2.ClH/c1-17-15-27(16-18(2)32-17)34(30,31)20-11-9-19(10-12-20)23(29)28(14-13-26(3)4)24-25-21-7-5-6-8-22(21)33-24;/h5-12,17-18H,13-16H2,1-4H3;1H. The molecule has 1 fully saturated rings. The molecule has 1 amide bonds. The fraction of sp³-hybridized carbons (Fsp3) is 0.417. The number of carbonyl (C=O) groups is 1. The summed E-state index contributed by atoms with van der Waals surface area (Å²) in [6, 6.07) is 14.0. The predicted molar refractivity (Wildman–Crippen MR) is 142 cm³/mol. The molecule has 2 aromatic carbocycles. The number of anilines is 1. The minimum absolute atomic E-state index is 0. The highest BCUT2D eigenvalue weighted by atomic mass is 35.5.